The molecule has 0 saturated heterocycles. The van der Waals surface area contributed by atoms with Crippen LogP contribution < -0.4 is 5.73 Å². The second kappa shape index (κ2) is 3.08. The molecule has 4 heteroatoms. The van der Waals surface area contributed by atoms with E-state index >= 15 is 0 Å². The zero-order valence-corrected chi connectivity index (χ0v) is 5.27. The Morgan fingerprint density at radius 2 is 2.11 bits per heavy atom. The standard InChI is InChI=1S/C5H11F2NO/c1-5(6,7)2-4(9)3-8/h4,9H,2-3,8H2,1H3. The molecule has 3 N–H and O–H groups in total. The Kier molecular flexibility index (Phi) is 3.00. The van der Waals surface area contributed by atoms with Gasteiger partial charge in [-0.1, -0.05) is 0 Å². The van der Waals surface area contributed by atoms with Crippen molar-refractivity contribution in [3.05, 3.63) is 0 Å². The lowest BCUT2D eigenvalue weighted by Gasteiger charge is -2.13. The van der Waals surface area contributed by atoms with E-state index in [4.69, 9.17) is 10.8 Å². The third-order valence-electron chi connectivity index (χ3n) is 0.866. The van der Waals surface area contributed by atoms with E-state index < -0.39 is 18.4 Å². The van der Waals surface area contributed by atoms with Crippen molar-refractivity contribution >= 4 is 0 Å². The summed E-state index contributed by atoms with van der Waals surface area (Å²) in [7, 11) is 0. The maximum Gasteiger partial charge on any atom is 0.247 e. The van der Waals surface area contributed by atoms with E-state index in [-0.39, 0.29) is 6.54 Å². The fourth-order valence-electron chi connectivity index (χ4n) is 0.497. The van der Waals surface area contributed by atoms with Crippen LogP contribution in [0.5, 0.6) is 0 Å². The molecule has 0 saturated carbocycles. The zero-order chi connectivity index (χ0) is 7.49. The topological polar surface area (TPSA) is 46.2 Å². The molecule has 0 bridgehead atoms. The van der Waals surface area contributed by atoms with Crippen LogP contribution in [0.4, 0.5) is 8.78 Å². The summed E-state index contributed by atoms with van der Waals surface area (Å²) in [5.41, 5.74) is 4.90. The minimum atomic E-state index is -2.81. The van der Waals surface area contributed by atoms with Gasteiger partial charge in [0.2, 0.25) is 5.92 Å². The van der Waals surface area contributed by atoms with Crippen LogP contribution in [0.3, 0.4) is 0 Å². The molecule has 56 valence electrons. The second-order valence-electron chi connectivity index (χ2n) is 2.16. The Bertz CT molecular complexity index is 81.5. The number of hydrogen-bond donors (Lipinski definition) is 2. The molecule has 0 fully saturated rings. The third-order valence-corrected chi connectivity index (χ3v) is 0.866. The maximum atomic E-state index is 11.9. The molecule has 0 radical (unpaired) electrons. The van der Waals surface area contributed by atoms with Crippen LogP contribution in [0.1, 0.15) is 13.3 Å². The highest BCUT2D eigenvalue weighted by atomic mass is 19.3. The Morgan fingerprint density at radius 1 is 1.67 bits per heavy atom. The fraction of sp³-hybridized carbons (Fsp3) is 1.00. The smallest absolute Gasteiger partial charge is 0.247 e. The van der Waals surface area contributed by atoms with Gasteiger partial charge in [-0.25, -0.2) is 8.78 Å². The molecule has 0 aromatic heterocycles. The molecule has 0 rings (SSSR count). The van der Waals surface area contributed by atoms with Gasteiger partial charge in [-0.3, -0.25) is 0 Å². The molecular weight excluding hydrogens is 128 g/mol. The predicted molar refractivity (Wildman–Crippen MR) is 30.3 cm³/mol. The molecule has 0 spiro atoms. The minimum absolute atomic E-state index is 0.108. The average Bonchev–Trinajstić information content (AvgIpc) is 1.62. The molecule has 0 aliphatic heterocycles. The molecule has 0 aliphatic rings. The summed E-state index contributed by atoms with van der Waals surface area (Å²) < 4.78 is 23.9. The molecule has 0 aromatic rings. The number of alkyl halides is 2. The normalized spacial score (nSPS) is 15.7. The minimum Gasteiger partial charge on any atom is -0.392 e. The molecule has 0 aromatic carbocycles. The van der Waals surface area contributed by atoms with E-state index in [0.717, 1.165) is 6.92 Å². The quantitative estimate of drug-likeness (QED) is 0.592. The van der Waals surface area contributed by atoms with E-state index in [9.17, 15) is 8.78 Å². The largest absolute Gasteiger partial charge is 0.392 e. The average molecular weight is 139 g/mol. The first kappa shape index (κ1) is 8.78. The van der Waals surface area contributed by atoms with Crippen LogP contribution in [0.2, 0.25) is 0 Å². The van der Waals surface area contributed by atoms with Gasteiger partial charge < -0.3 is 10.8 Å². The molecule has 9 heavy (non-hydrogen) atoms. The maximum absolute atomic E-state index is 11.9. The molecule has 0 amide bonds. The first-order valence-corrected chi connectivity index (χ1v) is 2.71. The summed E-state index contributed by atoms with van der Waals surface area (Å²) >= 11 is 0. The number of rotatable bonds is 3. The van der Waals surface area contributed by atoms with Crippen LogP contribution in [0.15, 0.2) is 0 Å². The second-order valence-corrected chi connectivity index (χ2v) is 2.16. The lowest BCUT2D eigenvalue weighted by molar-refractivity contribution is -0.0251. The van der Waals surface area contributed by atoms with Crippen molar-refractivity contribution in [3.8, 4) is 0 Å². The molecule has 2 nitrogen and oxygen atoms in total. The lowest BCUT2D eigenvalue weighted by Crippen LogP contribution is -2.27. The Hall–Kier alpha value is -0.220. The van der Waals surface area contributed by atoms with Crippen molar-refractivity contribution in [2.75, 3.05) is 6.54 Å². The van der Waals surface area contributed by atoms with Gasteiger partial charge in [-0.2, -0.15) is 0 Å². The number of hydrogen-bond acceptors (Lipinski definition) is 2. The van der Waals surface area contributed by atoms with E-state index in [1.54, 1.807) is 0 Å². The van der Waals surface area contributed by atoms with Crippen molar-refractivity contribution in [1.82, 2.24) is 0 Å². The number of nitrogens with two attached hydrogens (primary N) is 1. The Morgan fingerprint density at radius 3 is 2.22 bits per heavy atom. The van der Waals surface area contributed by atoms with Gasteiger partial charge in [0, 0.05) is 13.0 Å². The Balaban J connectivity index is 3.47. The number of aliphatic hydroxyl groups is 1. The fourth-order valence-corrected chi connectivity index (χ4v) is 0.497. The zero-order valence-electron chi connectivity index (χ0n) is 5.27. The van der Waals surface area contributed by atoms with Crippen LogP contribution in [0, 0.1) is 0 Å². The van der Waals surface area contributed by atoms with Crippen LogP contribution in [0.25, 0.3) is 0 Å². The summed E-state index contributed by atoms with van der Waals surface area (Å²) in [5.74, 6) is -2.81. The summed E-state index contributed by atoms with van der Waals surface area (Å²) in [6, 6.07) is 0. The lowest BCUT2D eigenvalue weighted by atomic mass is 10.2. The highest BCUT2D eigenvalue weighted by molar-refractivity contribution is 4.65. The van der Waals surface area contributed by atoms with Gasteiger partial charge in [0.25, 0.3) is 0 Å². The molecule has 0 aliphatic carbocycles. The highest BCUT2D eigenvalue weighted by Gasteiger charge is 2.24. The number of aliphatic hydroxyl groups excluding tert-OH is 1. The van der Waals surface area contributed by atoms with Crippen molar-refractivity contribution in [2.45, 2.75) is 25.4 Å². The van der Waals surface area contributed by atoms with E-state index in [1.807, 2.05) is 0 Å². The van der Waals surface area contributed by atoms with E-state index in [2.05, 4.69) is 0 Å². The summed E-state index contributed by atoms with van der Waals surface area (Å²) in [6.45, 7) is 0.648. The third kappa shape index (κ3) is 5.65. The van der Waals surface area contributed by atoms with E-state index in [0.29, 0.717) is 0 Å². The molecule has 0 heterocycles. The van der Waals surface area contributed by atoms with Crippen LogP contribution >= 0.6 is 0 Å². The first-order chi connectivity index (χ1) is 3.95. The van der Waals surface area contributed by atoms with Crippen molar-refractivity contribution in [1.29, 1.82) is 0 Å². The highest BCUT2D eigenvalue weighted by Crippen LogP contribution is 2.17. The SMILES string of the molecule is CC(F)(F)CC(O)CN. The van der Waals surface area contributed by atoms with Gasteiger partial charge in [0.05, 0.1) is 6.10 Å². The van der Waals surface area contributed by atoms with Crippen LogP contribution in [-0.2, 0) is 0 Å². The molecular formula is C5H11F2NO. The summed E-state index contributed by atoms with van der Waals surface area (Å²) in [6.07, 6.45) is -1.63. The van der Waals surface area contributed by atoms with Crippen molar-refractivity contribution in [2.24, 2.45) is 5.73 Å². The van der Waals surface area contributed by atoms with Gasteiger partial charge in [-0.15, -0.1) is 0 Å². The molecule has 1 atom stereocenters. The van der Waals surface area contributed by atoms with Crippen molar-refractivity contribution < 1.29 is 13.9 Å². The van der Waals surface area contributed by atoms with Gasteiger partial charge >= 0.3 is 0 Å². The number of halogens is 2. The van der Waals surface area contributed by atoms with E-state index in [1.165, 1.54) is 0 Å². The van der Waals surface area contributed by atoms with Gasteiger partial charge in [0.1, 0.15) is 0 Å². The predicted octanol–water partition coefficient (Wildman–Crippen LogP) is 0.351. The van der Waals surface area contributed by atoms with Gasteiger partial charge in [0.15, 0.2) is 0 Å². The Labute approximate surface area is 52.7 Å². The van der Waals surface area contributed by atoms with Gasteiger partial charge in [-0.05, 0) is 6.92 Å². The summed E-state index contributed by atoms with van der Waals surface area (Å²) in [4.78, 5) is 0. The van der Waals surface area contributed by atoms with Crippen LogP contribution in [-0.4, -0.2) is 23.7 Å². The monoisotopic (exact) mass is 139 g/mol. The molecule has 1 unspecified atom stereocenters. The van der Waals surface area contributed by atoms with Crippen molar-refractivity contribution in [3.63, 3.8) is 0 Å². The summed E-state index contributed by atoms with van der Waals surface area (Å²) in [5, 5.41) is 8.59. The first-order valence-electron chi connectivity index (χ1n) is 2.71.